The zero-order valence-electron chi connectivity index (χ0n) is 8.87. The molecular weight excluding hydrogens is 213 g/mol. The van der Waals surface area contributed by atoms with Gasteiger partial charge in [0.2, 0.25) is 0 Å². The van der Waals surface area contributed by atoms with Crippen molar-refractivity contribution in [3.05, 3.63) is 35.1 Å². The lowest BCUT2D eigenvalue weighted by Crippen LogP contribution is -2.27. The lowest BCUT2D eigenvalue weighted by atomic mass is 9.77. The standard InChI is InChI=1S/C12H16FN.ClH/c1-8-5-6-10(13)7-11(8)12(14)9-3-2-4-9;/h5-7,9,12H,2-4,14H2,1H3;1H/t12-;/m1./s1. The highest BCUT2D eigenvalue weighted by Gasteiger charge is 2.26. The number of hydrogen-bond donors (Lipinski definition) is 1. The van der Waals surface area contributed by atoms with Gasteiger partial charge in [-0.1, -0.05) is 12.5 Å². The maximum Gasteiger partial charge on any atom is 0.123 e. The van der Waals surface area contributed by atoms with Crippen LogP contribution in [0.2, 0.25) is 0 Å². The lowest BCUT2D eigenvalue weighted by molar-refractivity contribution is 0.263. The van der Waals surface area contributed by atoms with Gasteiger partial charge in [-0.2, -0.15) is 0 Å². The van der Waals surface area contributed by atoms with E-state index < -0.39 is 0 Å². The maximum atomic E-state index is 13.0. The average Bonchev–Trinajstić information content (AvgIpc) is 2.06. The van der Waals surface area contributed by atoms with E-state index in [-0.39, 0.29) is 24.3 Å². The minimum atomic E-state index is -0.180. The summed E-state index contributed by atoms with van der Waals surface area (Å²) in [6.07, 6.45) is 3.65. The number of halogens is 2. The summed E-state index contributed by atoms with van der Waals surface area (Å²) in [5.74, 6) is 0.385. The molecule has 1 fully saturated rings. The highest BCUT2D eigenvalue weighted by Crippen LogP contribution is 2.37. The van der Waals surface area contributed by atoms with Crippen molar-refractivity contribution in [3.8, 4) is 0 Å². The van der Waals surface area contributed by atoms with Crippen LogP contribution in [0, 0.1) is 18.7 Å². The molecule has 0 radical (unpaired) electrons. The van der Waals surface area contributed by atoms with Gasteiger partial charge in [-0.3, -0.25) is 0 Å². The molecule has 1 aromatic carbocycles. The summed E-state index contributed by atoms with van der Waals surface area (Å²) in [6.45, 7) is 1.99. The molecule has 2 N–H and O–H groups in total. The van der Waals surface area contributed by atoms with E-state index >= 15 is 0 Å². The van der Waals surface area contributed by atoms with Gasteiger partial charge in [0, 0.05) is 6.04 Å². The molecular formula is C12H17ClFN. The van der Waals surface area contributed by atoms with Crippen LogP contribution in [0.25, 0.3) is 0 Å². The van der Waals surface area contributed by atoms with Crippen LogP contribution in [0.4, 0.5) is 4.39 Å². The SMILES string of the molecule is Cc1ccc(F)cc1[C@H](N)C1CCC1.Cl. The Morgan fingerprint density at radius 3 is 2.60 bits per heavy atom. The van der Waals surface area contributed by atoms with Gasteiger partial charge in [0.05, 0.1) is 0 Å². The van der Waals surface area contributed by atoms with Crippen molar-refractivity contribution in [2.45, 2.75) is 32.2 Å². The molecule has 0 bridgehead atoms. The van der Waals surface area contributed by atoms with Crippen molar-refractivity contribution >= 4 is 12.4 Å². The fraction of sp³-hybridized carbons (Fsp3) is 0.500. The first-order valence-electron chi connectivity index (χ1n) is 5.20. The second kappa shape index (κ2) is 4.95. The summed E-state index contributed by atoms with van der Waals surface area (Å²) in [6, 6.07) is 4.91. The Bertz CT molecular complexity index is 336. The third-order valence-corrected chi connectivity index (χ3v) is 3.26. The van der Waals surface area contributed by atoms with E-state index in [9.17, 15) is 4.39 Å². The monoisotopic (exact) mass is 229 g/mol. The Balaban J connectivity index is 0.00000112. The number of aryl methyl sites for hydroxylation is 1. The van der Waals surface area contributed by atoms with Crippen LogP contribution < -0.4 is 5.73 Å². The van der Waals surface area contributed by atoms with Crippen LogP contribution in [0.1, 0.15) is 36.4 Å². The van der Waals surface area contributed by atoms with Crippen molar-refractivity contribution in [1.29, 1.82) is 0 Å². The van der Waals surface area contributed by atoms with Gasteiger partial charge in [-0.05, 0) is 48.9 Å². The van der Waals surface area contributed by atoms with Crippen LogP contribution in [-0.2, 0) is 0 Å². The molecule has 1 aliphatic rings. The molecule has 15 heavy (non-hydrogen) atoms. The molecule has 0 spiro atoms. The minimum absolute atomic E-state index is 0. The van der Waals surface area contributed by atoms with E-state index in [1.165, 1.54) is 25.3 Å². The van der Waals surface area contributed by atoms with Crippen molar-refractivity contribution < 1.29 is 4.39 Å². The van der Waals surface area contributed by atoms with E-state index in [0.717, 1.165) is 11.1 Å². The third kappa shape index (κ3) is 2.50. The number of nitrogens with two attached hydrogens (primary N) is 1. The number of hydrogen-bond acceptors (Lipinski definition) is 1. The van der Waals surface area contributed by atoms with Crippen molar-refractivity contribution in [1.82, 2.24) is 0 Å². The first-order valence-corrected chi connectivity index (χ1v) is 5.20. The van der Waals surface area contributed by atoms with Crippen molar-refractivity contribution in [2.24, 2.45) is 11.7 Å². The fourth-order valence-corrected chi connectivity index (χ4v) is 2.02. The predicted molar refractivity (Wildman–Crippen MR) is 62.7 cm³/mol. The van der Waals surface area contributed by atoms with Crippen LogP contribution in [0.15, 0.2) is 18.2 Å². The summed E-state index contributed by atoms with van der Waals surface area (Å²) < 4.78 is 13.0. The molecule has 1 saturated carbocycles. The molecule has 1 aromatic rings. The summed E-state index contributed by atoms with van der Waals surface area (Å²) in [7, 11) is 0. The second-order valence-electron chi connectivity index (χ2n) is 4.22. The molecule has 1 nitrogen and oxygen atoms in total. The molecule has 0 heterocycles. The topological polar surface area (TPSA) is 26.0 Å². The van der Waals surface area contributed by atoms with Crippen LogP contribution >= 0.6 is 12.4 Å². The number of rotatable bonds is 2. The van der Waals surface area contributed by atoms with Gasteiger partial charge >= 0.3 is 0 Å². The summed E-state index contributed by atoms with van der Waals surface area (Å²) in [5, 5.41) is 0. The molecule has 2 rings (SSSR count). The summed E-state index contributed by atoms with van der Waals surface area (Å²) in [5.41, 5.74) is 8.19. The second-order valence-corrected chi connectivity index (χ2v) is 4.22. The largest absolute Gasteiger partial charge is 0.324 e. The van der Waals surface area contributed by atoms with Crippen molar-refractivity contribution in [2.75, 3.05) is 0 Å². The summed E-state index contributed by atoms with van der Waals surface area (Å²) >= 11 is 0. The van der Waals surface area contributed by atoms with Gasteiger partial charge in [0.15, 0.2) is 0 Å². The summed E-state index contributed by atoms with van der Waals surface area (Å²) in [4.78, 5) is 0. The van der Waals surface area contributed by atoms with E-state index in [1.54, 1.807) is 6.07 Å². The Morgan fingerprint density at radius 1 is 1.40 bits per heavy atom. The molecule has 0 aromatic heterocycles. The fourth-order valence-electron chi connectivity index (χ4n) is 2.02. The Labute approximate surface area is 96.3 Å². The molecule has 1 aliphatic carbocycles. The van der Waals surface area contributed by atoms with E-state index in [2.05, 4.69) is 0 Å². The molecule has 0 amide bonds. The van der Waals surface area contributed by atoms with E-state index in [1.807, 2.05) is 13.0 Å². The minimum Gasteiger partial charge on any atom is -0.324 e. The molecule has 0 unspecified atom stereocenters. The van der Waals surface area contributed by atoms with Gasteiger partial charge in [0.1, 0.15) is 5.82 Å². The average molecular weight is 230 g/mol. The van der Waals surface area contributed by atoms with Gasteiger partial charge < -0.3 is 5.73 Å². The quantitative estimate of drug-likeness (QED) is 0.827. The molecule has 3 heteroatoms. The smallest absolute Gasteiger partial charge is 0.123 e. The maximum absolute atomic E-state index is 13.0. The molecule has 84 valence electrons. The molecule has 0 aliphatic heterocycles. The van der Waals surface area contributed by atoms with E-state index in [4.69, 9.17) is 5.73 Å². The highest BCUT2D eigenvalue weighted by atomic mass is 35.5. The van der Waals surface area contributed by atoms with Gasteiger partial charge in [0.25, 0.3) is 0 Å². The molecule has 0 saturated heterocycles. The van der Waals surface area contributed by atoms with Crippen molar-refractivity contribution in [3.63, 3.8) is 0 Å². The highest BCUT2D eigenvalue weighted by molar-refractivity contribution is 5.85. The Hall–Kier alpha value is -0.600. The van der Waals surface area contributed by atoms with Crippen LogP contribution in [-0.4, -0.2) is 0 Å². The Morgan fingerprint density at radius 2 is 2.07 bits per heavy atom. The first kappa shape index (κ1) is 12.5. The normalized spacial score (nSPS) is 17.8. The van der Waals surface area contributed by atoms with Gasteiger partial charge in [-0.25, -0.2) is 4.39 Å². The first-order chi connectivity index (χ1) is 6.68. The Kier molecular flexibility index (Phi) is 4.12. The third-order valence-electron chi connectivity index (χ3n) is 3.26. The lowest BCUT2D eigenvalue weighted by Gasteiger charge is -2.32. The number of benzene rings is 1. The zero-order chi connectivity index (χ0) is 10.1. The van der Waals surface area contributed by atoms with E-state index in [0.29, 0.717) is 5.92 Å². The van der Waals surface area contributed by atoms with Gasteiger partial charge in [-0.15, -0.1) is 12.4 Å². The zero-order valence-corrected chi connectivity index (χ0v) is 9.69. The van der Waals surface area contributed by atoms with Crippen LogP contribution in [0.5, 0.6) is 0 Å². The van der Waals surface area contributed by atoms with Crippen LogP contribution in [0.3, 0.4) is 0 Å². The molecule has 1 atom stereocenters. The predicted octanol–water partition coefficient (Wildman–Crippen LogP) is 3.36.